The van der Waals surface area contributed by atoms with Crippen molar-refractivity contribution in [1.82, 2.24) is 5.32 Å². The standard InChI is InChI=1S/C14H20ClFN2O/c1-2-3-4-5-6-9-17-14(19)18-11-7-8-13(16)12(15)10-11/h7-8,10H,2-6,9H2,1H3,(H2,17,18,19). The zero-order chi connectivity index (χ0) is 14.1. The molecular weight excluding hydrogens is 267 g/mol. The van der Waals surface area contributed by atoms with Gasteiger partial charge in [-0.1, -0.05) is 44.2 Å². The summed E-state index contributed by atoms with van der Waals surface area (Å²) in [4.78, 5) is 11.5. The lowest BCUT2D eigenvalue weighted by atomic mass is 10.1. The van der Waals surface area contributed by atoms with E-state index in [-0.39, 0.29) is 11.1 Å². The fraction of sp³-hybridized carbons (Fsp3) is 0.500. The zero-order valence-corrected chi connectivity index (χ0v) is 11.9. The molecule has 1 rings (SSSR count). The van der Waals surface area contributed by atoms with E-state index in [9.17, 15) is 9.18 Å². The summed E-state index contributed by atoms with van der Waals surface area (Å²) >= 11 is 5.63. The maximum atomic E-state index is 12.9. The van der Waals surface area contributed by atoms with Crippen LogP contribution in [0.3, 0.4) is 0 Å². The van der Waals surface area contributed by atoms with Crippen LogP contribution in [0.1, 0.15) is 39.0 Å². The molecule has 1 aromatic carbocycles. The van der Waals surface area contributed by atoms with Gasteiger partial charge < -0.3 is 10.6 Å². The summed E-state index contributed by atoms with van der Waals surface area (Å²) in [6, 6.07) is 3.79. The number of halogens is 2. The van der Waals surface area contributed by atoms with E-state index in [2.05, 4.69) is 17.6 Å². The Kier molecular flexibility index (Phi) is 7.26. The van der Waals surface area contributed by atoms with Crippen LogP contribution < -0.4 is 10.6 Å². The second-order valence-electron chi connectivity index (χ2n) is 4.42. The van der Waals surface area contributed by atoms with E-state index in [4.69, 9.17) is 11.6 Å². The second kappa shape index (κ2) is 8.75. The zero-order valence-electron chi connectivity index (χ0n) is 11.1. The van der Waals surface area contributed by atoms with Crippen molar-refractivity contribution in [3.8, 4) is 0 Å². The lowest BCUT2D eigenvalue weighted by Gasteiger charge is -2.08. The SMILES string of the molecule is CCCCCCCNC(=O)Nc1ccc(F)c(Cl)c1. The first-order chi connectivity index (χ1) is 9.13. The summed E-state index contributed by atoms with van der Waals surface area (Å²) in [7, 11) is 0. The third kappa shape index (κ3) is 6.43. The van der Waals surface area contributed by atoms with Crippen LogP contribution >= 0.6 is 11.6 Å². The monoisotopic (exact) mass is 286 g/mol. The van der Waals surface area contributed by atoms with Gasteiger partial charge in [-0.15, -0.1) is 0 Å². The molecule has 0 radical (unpaired) electrons. The molecule has 0 saturated carbocycles. The quantitative estimate of drug-likeness (QED) is 0.708. The Morgan fingerprint density at radius 1 is 1.26 bits per heavy atom. The first kappa shape index (κ1) is 15.8. The highest BCUT2D eigenvalue weighted by Crippen LogP contribution is 2.19. The molecule has 0 unspecified atom stereocenters. The normalized spacial score (nSPS) is 10.3. The molecule has 0 bridgehead atoms. The molecule has 0 atom stereocenters. The van der Waals surface area contributed by atoms with Gasteiger partial charge in [0, 0.05) is 12.2 Å². The van der Waals surface area contributed by atoms with Crippen molar-refractivity contribution in [3.63, 3.8) is 0 Å². The van der Waals surface area contributed by atoms with E-state index >= 15 is 0 Å². The largest absolute Gasteiger partial charge is 0.338 e. The van der Waals surface area contributed by atoms with Crippen molar-refractivity contribution in [2.24, 2.45) is 0 Å². The van der Waals surface area contributed by atoms with E-state index in [0.717, 1.165) is 12.8 Å². The number of rotatable bonds is 7. The lowest BCUT2D eigenvalue weighted by molar-refractivity contribution is 0.252. The molecule has 0 saturated heterocycles. The average molecular weight is 287 g/mol. The molecule has 0 aliphatic carbocycles. The van der Waals surface area contributed by atoms with Gasteiger partial charge in [-0.3, -0.25) is 0 Å². The number of hydrogen-bond donors (Lipinski definition) is 2. The second-order valence-corrected chi connectivity index (χ2v) is 4.83. The summed E-state index contributed by atoms with van der Waals surface area (Å²) in [6.45, 7) is 2.81. The Labute approximate surface area is 118 Å². The molecule has 1 aromatic rings. The molecule has 0 fully saturated rings. The third-order valence-electron chi connectivity index (χ3n) is 2.74. The minimum Gasteiger partial charge on any atom is -0.338 e. The Hall–Kier alpha value is -1.29. The highest BCUT2D eigenvalue weighted by Gasteiger charge is 2.04. The van der Waals surface area contributed by atoms with Crippen LogP contribution in [0.4, 0.5) is 14.9 Å². The number of nitrogens with one attached hydrogen (secondary N) is 2. The van der Waals surface area contributed by atoms with Crippen molar-refractivity contribution in [1.29, 1.82) is 0 Å². The molecule has 2 N–H and O–H groups in total. The smallest absolute Gasteiger partial charge is 0.319 e. The van der Waals surface area contributed by atoms with Crippen molar-refractivity contribution in [2.45, 2.75) is 39.0 Å². The number of urea groups is 1. The summed E-state index contributed by atoms with van der Waals surface area (Å²) in [5.74, 6) is -0.497. The molecule has 0 spiro atoms. The number of anilines is 1. The molecule has 5 heteroatoms. The number of benzene rings is 1. The molecule has 0 aliphatic rings. The van der Waals surface area contributed by atoms with Gasteiger partial charge in [0.1, 0.15) is 5.82 Å². The van der Waals surface area contributed by atoms with Gasteiger partial charge in [-0.25, -0.2) is 9.18 Å². The summed E-state index contributed by atoms with van der Waals surface area (Å²) in [5.41, 5.74) is 0.481. The van der Waals surface area contributed by atoms with Crippen molar-refractivity contribution >= 4 is 23.3 Å². The van der Waals surface area contributed by atoms with Gasteiger partial charge in [0.15, 0.2) is 0 Å². The summed E-state index contributed by atoms with van der Waals surface area (Å²) < 4.78 is 12.9. The van der Waals surface area contributed by atoms with Crippen molar-refractivity contribution in [2.75, 3.05) is 11.9 Å². The van der Waals surface area contributed by atoms with Crippen LogP contribution in [-0.2, 0) is 0 Å². The van der Waals surface area contributed by atoms with E-state index in [0.29, 0.717) is 12.2 Å². The number of carbonyl (C=O) groups is 1. The Morgan fingerprint density at radius 3 is 2.68 bits per heavy atom. The Bertz CT molecular complexity index is 412. The number of amides is 2. The maximum Gasteiger partial charge on any atom is 0.319 e. The first-order valence-electron chi connectivity index (χ1n) is 6.63. The lowest BCUT2D eigenvalue weighted by Crippen LogP contribution is -2.29. The Morgan fingerprint density at radius 2 is 2.00 bits per heavy atom. The van der Waals surface area contributed by atoms with E-state index in [1.165, 1.54) is 37.5 Å². The number of hydrogen-bond acceptors (Lipinski definition) is 1. The number of unbranched alkanes of at least 4 members (excludes halogenated alkanes) is 4. The Balaban J connectivity index is 2.21. The minimum absolute atomic E-state index is 0.00244. The average Bonchev–Trinajstić information content (AvgIpc) is 2.38. The van der Waals surface area contributed by atoms with Crippen LogP contribution in [-0.4, -0.2) is 12.6 Å². The molecule has 106 valence electrons. The molecule has 2 amide bonds. The van der Waals surface area contributed by atoms with E-state index < -0.39 is 5.82 Å². The van der Waals surface area contributed by atoms with Crippen molar-refractivity contribution < 1.29 is 9.18 Å². The summed E-state index contributed by atoms with van der Waals surface area (Å²) in [5, 5.41) is 5.36. The highest BCUT2D eigenvalue weighted by atomic mass is 35.5. The van der Waals surface area contributed by atoms with Crippen molar-refractivity contribution in [3.05, 3.63) is 29.0 Å². The predicted octanol–water partition coefficient (Wildman–Crippen LogP) is 4.57. The van der Waals surface area contributed by atoms with Gasteiger partial charge in [-0.2, -0.15) is 0 Å². The van der Waals surface area contributed by atoms with E-state index in [1.807, 2.05) is 0 Å². The highest BCUT2D eigenvalue weighted by molar-refractivity contribution is 6.31. The van der Waals surface area contributed by atoms with Crippen LogP contribution in [0.2, 0.25) is 5.02 Å². The molecule has 0 aromatic heterocycles. The molecule has 0 aliphatic heterocycles. The van der Waals surface area contributed by atoms with Gasteiger partial charge >= 0.3 is 6.03 Å². The third-order valence-corrected chi connectivity index (χ3v) is 3.03. The van der Waals surface area contributed by atoms with Gasteiger partial charge in [-0.05, 0) is 24.6 Å². The molecule has 19 heavy (non-hydrogen) atoms. The molecule has 0 heterocycles. The predicted molar refractivity (Wildman–Crippen MR) is 77.2 cm³/mol. The number of carbonyl (C=O) groups excluding carboxylic acids is 1. The first-order valence-corrected chi connectivity index (χ1v) is 7.01. The molecular formula is C14H20ClFN2O. The fourth-order valence-corrected chi connectivity index (χ4v) is 1.86. The molecule has 3 nitrogen and oxygen atoms in total. The van der Waals surface area contributed by atoms with Crippen LogP contribution in [0.15, 0.2) is 18.2 Å². The van der Waals surface area contributed by atoms with E-state index in [1.54, 1.807) is 0 Å². The fourth-order valence-electron chi connectivity index (χ4n) is 1.68. The van der Waals surface area contributed by atoms with Crippen LogP contribution in [0, 0.1) is 5.82 Å². The summed E-state index contributed by atoms with van der Waals surface area (Å²) in [6.07, 6.45) is 5.74. The topological polar surface area (TPSA) is 41.1 Å². The van der Waals surface area contributed by atoms with Gasteiger partial charge in [0.05, 0.1) is 5.02 Å². The van der Waals surface area contributed by atoms with Gasteiger partial charge in [0.25, 0.3) is 0 Å². The van der Waals surface area contributed by atoms with Crippen LogP contribution in [0.25, 0.3) is 0 Å². The minimum atomic E-state index is -0.497. The maximum absolute atomic E-state index is 12.9. The van der Waals surface area contributed by atoms with Crippen LogP contribution in [0.5, 0.6) is 0 Å². The van der Waals surface area contributed by atoms with Gasteiger partial charge in [0.2, 0.25) is 0 Å².